The van der Waals surface area contributed by atoms with Crippen LogP contribution in [-0.2, 0) is 22.7 Å². The second-order valence-electron chi connectivity index (χ2n) is 5.15. The molecule has 0 saturated carbocycles. The summed E-state index contributed by atoms with van der Waals surface area (Å²) in [6, 6.07) is 11.4. The van der Waals surface area contributed by atoms with Crippen molar-refractivity contribution in [2.24, 2.45) is 5.73 Å². The number of carbonyl (C=O) groups is 2. The lowest BCUT2D eigenvalue weighted by Crippen LogP contribution is -2.33. The molecule has 0 aliphatic rings. The Morgan fingerprint density at radius 1 is 0.826 bits per heavy atom. The van der Waals surface area contributed by atoms with E-state index in [2.05, 4.69) is 0 Å². The summed E-state index contributed by atoms with van der Waals surface area (Å²) in [4.78, 5) is 24.6. The molecule has 0 aliphatic heterocycles. The summed E-state index contributed by atoms with van der Waals surface area (Å²) in [7, 11) is 0. The first kappa shape index (κ1) is 16.6. The van der Waals surface area contributed by atoms with Crippen LogP contribution in [0.5, 0.6) is 0 Å². The van der Waals surface area contributed by atoms with Gasteiger partial charge in [0.25, 0.3) is 0 Å². The summed E-state index contributed by atoms with van der Waals surface area (Å²) in [5, 5.41) is 0. The molecule has 2 aromatic rings. The fraction of sp³-hybridized carbons (Fsp3) is 0.176. The summed E-state index contributed by atoms with van der Waals surface area (Å²) in [6.45, 7) is 0.396. The highest BCUT2D eigenvalue weighted by molar-refractivity contribution is 5.96. The molecule has 6 heteroatoms. The zero-order valence-corrected chi connectivity index (χ0v) is 12.3. The molecule has 4 nitrogen and oxygen atoms in total. The number of hydrogen-bond acceptors (Lipinski definition) is 2. The molecule has 0 saturated heterocycles. The standard InChI is InChI=1S/C17H16F2N2O2/c18-14-5-1-12(2-6-14)10-21(17(23)9-16(20)22)11-13-3-7-15(19)8-4-13/h1-8H,9-11H2,(H2,20,22). The first-order valence-corrected chi connectivity index (χ1v) is 6.99. The van der Waals surface area contributed by atoms with E-state index in [9.17, 15) is 18.4 Å². The van der Waals surface area contributed by atoms with E-state index < -0.39 is 18.2 Å². The van der Waals surface area contributed by atoms with Crippen molar-refractivity contribution in [2.75, 3.05) is 0 Å². The summed E-state index contributed by atoms with van der Waals surface area (Å²) in [5.41, 5.74) is 6.50. The van der Waals surface area contributed by atoms with Crippen molar-refractivity contribution in [3.05, 3.63) is 71.3 Å². The van der Waals surface area contributed by atoms with Gasteiger partial charge in [0.2, 0.25) is 11.8 Å². The van der Waals surface area contributed by atoms with E-state index in [0.717, 1.165) is 0 Å². The SMILES string of the molecule is NC(=O)CC(=O)N(Cc1ccc(F)cc1)Cc1ccc(F)cc1. The van der Waals surface area contributed by atoms with Crippen LogP contribution in [-0.4, -0.2) is 16.7 Å². The van der Waals surface area contributed by atoms with Crippen molar-refractivity contribution < 1.29 is 18.4 Å². The summed E-state index contributed by atoms with van der Waals surface area (Å²) >= 11 is 0. The molecule has 2 rings (SSSR count). The van der Waals surface area contributed by atoms with E-state index in [1.165, 1.54) is 29.2 Å². The minimum absolute atomic E-state index is 0.198. The predicted molar refractivity (Wildman–Crippen MR) is 80.9 cm³/mol. The minimum atomic E-state index is -0.724. The number of halogens is 2. The fourth-order valence-electron chi connectivity index (χ4n) is 2.11. The van der Waals surface area contributed by atoms with Gasteiger partial charge >= 0.3 is 0 Å². The average Bonchev–Trinajstić information content (AvgIpc) is 2.50. The molecule has 0 aliphatic carbocycles. The number of hydrogen-bond donors (Lipinski definition) is 1. The van der Waals surface area contributed by atoms with Crippen molar-refractivity contribution >= 4 is 11.8 Å². The van der Waals surface area contributed by atoms with Crippen LogP contribution in [0.2, 0.25) is 0 Å². The van der Waals surface area contributed by atoms with Crippen LogP contribution in [0.4, 0.5) is 8.78 Å². The van der Waals surface area contributed by atoms with Gasteiger partial charge in [0.15, 0.2) is 0 Å². The highest BCUT2D eigenvalue weighted by Gasteiger charge is 2.17. The van der Waals surface area contributed by atoms with Gasteiger partial charge in [-0.2, -0.15) is 0 Å². The van der Waals surface area contributed by atoms with Gasteiger partial charge in [-0.15, -0.1) is 0 Å². The van der Waals surface area contributed by atoms with Gasteiger partial charge in [-0.3, -0.25) is 9.59 Å². The van der Waals surface area contributed by atoms with Crippen LogP contribution >= 0.6 is 0 Å². The van der Waals surface area contributed by atoms with Crippen LogP contribution in [0.1, 0.15) is 17.5 Å². The maximum Gasteiger partial charge on any atom is 0.232 e. The highest BCUT2D eigenvalue weighted by atomic mass is 19.1. The van der Waals surface area contributed by atoms with Gasteiger partial charge in [-0.05, 0) is 35.4 Å². The Kier molecular flexibility index (Phi) is 5.41. The Morgan fingerprint density at radius 3 is 1.57 bits per heavy atom. The van der Waals surface area contributed by atoms with Gasteiger partial charge in [0.05, 0.1) is 0 Å². The maximum absolute atomic E-state index is 13.0. The lowest BCUT2D eigenvalue weighted by molar-refractivity contribution is -0.136. The number of primary amides is 1. The van der Waals surface area contributed by atoms with Crippen molar-refractivity contribution in [3.8, 4) is 0 Å². The van der Waals surface area contributed by atoms with E-state index in [0.29, 0.717) is 11.1 Å². The molecular weight excluding hydrogens is 302 g/mol. The fourth-order valence-corrected chi connectivity index (χ4v) is 2.11. The topological polar surface area (TPSA) is 63.4 Å². The third-order valence-corrected chi connectivity index (χ3v) is 3.25. The van der Waals surface area contributed by atoms with Crippen LogP contribution in [0.15, 0.2) is 48.5 Å². The summed E-state index contributed by atoms with van der Waals surface area (Å²) < 4.78 is 25.9. The van der Waals surface area contributed by atoms with Crippen LogP contribution in [0, 0.1) is 11.6 Å². The molecule has 23 heavy (non-hydrogen) atoms. The third-order valence-electron chi connectivity index (χ3n) is 3.25. The van der Waals surface area contributed by atoms with Crippen LogP contribution in [0.25, 0.3) is 0 Å². The largest absolute Gasteiger partial charge is 0.369 e. The Morgan fingerprint density at radius 2 is 1.22 bits per heavy atom. The quantitative estimate of drug-likeness (QED) is 0.831. The Bertz CT molecular complexity index is 637. The average molecular weight is 318 g/mol. The molecule has 0 fully saturated rings. The van der Waals surface area contributed by atoms with Crippen LogP contribution in [0.3, 0.4) is 0 Å². The van der Waals surface area contributed by atoms with Gasteiger partial charge in [0.1, 0.15) is 18.1 Å². The molecule has 120 valence electrons. The molecule has 2 N–H and O–H groups in total. The lowest BCUT2D eigenvalue weighted by atomic mass is 10.1. The van der Waals surface area contributed by atoms with Crippen molar-refractivity contribution in [1.82, 2.24) is 4.90 Å². The smallest absolute Gasteiger partial charge is 0.232 e. The number of nitrogens with two attached hydrogens (primary N) is 1. The zero-order valence-electron chi connectivity index (χ0n) is 12.3. The molecular formula is C17H16F2N2O2. The molecule has 0 bridgehead atoms. The number of rotatable bonds is 6. The molecule has 2 amide bonds. The van der Waals surface area contributed by atoms with Crippen molar-refractivity contribution in [3.63, 3.8) is 0 Å². The normalized spacial score (nSPS) is 10.3. The number of nitrogens with zero attached hydrogens (tertiary/aromatic N) is 1. The highest BCUT2D eigenvalue weighted by Crippen LogP contribution is 2.13. The number of amides is 2. The molecule has 0 aromatic heterocycles. The van der Waals surface area contributed by atoms with Crippen molar-refractivity contribution in [1.29, 1.82) is 0 Å². The molecule has 2 aromatic carbocycles. The first-order chi connectivity index (χ1) is 10.9. The van der Waals surface area contributed by atoms with E-state index in [1.807, 2.05) is 0 Å². The third kappa shape index (κ3) is 5.18. The molecule has 0 radical (unpaired) electrons. The number of benzene rings is 2. The van der Waals surface area contributed by atoms with E-state index in [4.69, 9.17) is 5.73 Å². The minimum Gasteiger partial charge on any atom is -0.369 e. The molecule has 0 unspecified atom stereocenters. The number of carbonyl (C=O) groups excluding carboxylic acids is 2. The predicted octanol–water partition coefficient (Wildman–Crippen LogP) is 2.37. The summed E-state index contributed by atoms with van der Waals surface area (Å²) in [5.74, 6) is -1.91. The van der Waals surface area contributed by atoms with Crippen LogP contribution < -0.4 is 5.73 Å². The lowest BCUT2D eigenvalue weighted by Gasteiger charge is -2.22. The second kappa shape index (κ2) is 7.49. The molecule has 0 atom stereocenters. The maximum atomic E-state index is 13.0. The first-order valence-electron chi connectivity index (χ1n) is 6.99. The van der Waals surface area contributed by atoms with E-state index in [1.54, 1.807) is 24.3 Å². The van der Waals surface area contributed by atoms with Gasteiger partial charge in [-0.1, -0.05) is 24.3 Å². The van der Waals surface area contributed by atoms with Gasteiger partial charge in [-0.25, -0.2) is 8.78 Å². The monoisotopic (exact) mass is 318 g/mol. The van der Waals surface area contributed by atoms with Gasteiger partial charge in [0, 0.05) is 13.1 Å². The Labute approximate surface area is 132 Å². The Hall–Kier alpha value is -2.76. The zero-order chi connectivity index (χ0) is 16.8. The Balaban J connectivity index is 2.16. The van der Waals surface area contributed by atoms with E-state index in [-0.39, 0.29) is 24.7 Å². The molecule has 0 heterocycles. The second-order valence-corrected chi connectivity index (χ2v) is 5.15. The van der Waals surface area contributed by atoms with Crippen molar-refractivity contribution in [2.45, 2.75) is 19.5 Å². The van der Waals surface area contributed by atoms with Gasteiger partial charge < -0.3 is 10.6 Å². The van der Waals surface area contributed by atoms with E-state index >= 15 is 0 Å². The molecule has 0 spiro atoms. The summed E-state index contributed by atoms with van der Waals surface area (Å²) in [6.07, 6.45) is -0.414.